The van der Waals surface area contributed by atoms with Crippen molar-refractivity contribution in [3.05, 3.63) is 17.5 Å². The van der Waals surface area contributed by atoms with Gasteiger partial charge in [0.05, 0.1) is 12.6 Å². The fourth-order valence-electron chi connectivity index (χ4n) is 1.27. The van der Waals surface area contributed by atoms with Crippen LogP contribution in [-0.4, -0.2) is 21.6 Å². The van der Waals surface area contributed by atoms with Gasteiger partial charge in [0, 0.05) is 13.2 Å². The summed E-state index contributed by atoms with van der Waals surface area (Å²) in [6.45, 7) is 0. The van der Waals surface area contributed by atoms with E-state index in [-0.39, 0.29) is 5.28 Å². The van der Waals surface area contributed by atoms with E-state index in [4.69, 9.17) is 16.3 Å². The lowest BCUT2D eigenvalue weighted by atomic mass is 10.4. The molecular formula is C8H8ClN3O. The van der Waals surface area contributed by atoms with Crippen molar-refractivity contribution in [1.29, 1.82) is 0 Å². The number of fused-ring (bicyclic) bond motifs is 1. The topological polar surface area (TPSA) is 39.9 Å². The van der Waals surface area contributed by atoms with Crippen LogP contribution in [0.5, 0.6) is 5.88 Å². The van der Waals surface area contributed by atoms with E-state index in [1.807, 2.05) is 23.9 Å². The van der Waals surface area contributed by atoms with E-state index in [2.05, 4.69) is 9.97 Å². The van der Waals surface area contributed by atoms with E-state index in [1.54, 1.807) is 7.11 Å². The Morgan fingerprint density at radius 2 is 2.23 bits per heavy atom. The Morgan fingerprint density at radius 1 is 1.46 bits per heavy atom. The van der Waals surface area contributed by atoms with Crippen LogP contribution in [0.15, 0.2) is 12.3 Å². The minimum atomic E-state index is 0.204. The minimum Gasteiger partial charge on any atom is -0.479 e. The molecule has 0 spiro atoms. The van der Waals surface area contributed by atoms with Crippen molar-refractivity contribution in [3.63, 3.8) is 0 Å². The van der Waals surface area contributed by atoms with Crippen LogP contribution in [0.4, 0.5) is 0 Å². The van der Waals surface area contributed by atoms with E-state index in [0.29, 0.717) is 5.88 Å². The zero-order valence-electron chi connectivity index (χ0n) is 7.28. The summed E-state index contributed by atoms with van der Waals surface area (Å²) in [4.78, 5) is 8.02. The Bertz CT molecular complexity index is 452. The number of hydrogen-bond acceptors (Lipinski definition) is 3. The molecule has 2 aromatic rings. The van der Waals surface area contributed by atoms with Crippen LogP contribution in [-0.2, 0) is 7.05 Å². The summed E-state index contributed by atoms with van der Waals surface area (Å²) in [5, 5.41) is 0.204. The van der Waals surface area contributed by atoms with Gasteiger partial charge >= 0.3 is 0 Å². The van der Waals surface area contributed by atoms with Crippen molar-refractivity contribution in [1.82, 2.24) is 14.5 Å². The number of methoxy groups -OCH3 is 1. The first-order valence-corrected chi connectivity index (χ1v) is 4.12. The van der Waals surface area contributed by atoms with Crippen LogP contribution < -0.4 is 4.74 Å². The third-order valence-corrected chi connectivity index (χ3v) is 2.02. The molecule has 0 unspecified atom stereocenters. The zero-order valence-corrected chi connectivity index (χ0v) is 8.04. The molecule has 0 saturated heterocycles. The highest BCUT2D eigenvalue weighted by molar-refractivity contribution is 6.28. The highest BCUT2D eigenvalue weighted by Crippen LogP contribution is 2.23. The van der Waals surface area contributed by atoms with E-state index in [9.17, 15) is 0 Å². The molecule has 0 radical (unpaired) electrons. The smallest absolute Gasteiger partial charge is 0.242 e. The van der Waals surface area contributed by atoms with Gasteiger partial charge in [-0.1, -0.05) is 0 Å². The van der Waals surface area contributed by atoms with Crippen LogP contribution >= 0.6 is 11.6 Å². The van der Waals surface area contributed by atoms with Crippen molar-refractivity contribution in [3.8, 4) is 5.88 Å². The molecule has 68 valence electrons. The van der Waals surface area contributed by atoms with Gasteiger partial charge in [0.1, 0.15) is 5.52 Å². The molecule has 0 fully saturated rings. The minimum absolute atomic E-state index is 0.204. The number of rotatable bonds is 1. The summed E-state index contributed by atoms with van der Waals surface area (Å²) in [6.07, 6.45) is 1.89. The monoisotopic (exact) mass is 197 g/mol. The first kappa shape index (κ1) is 8.31. The molecule has 2 rings (SSSR count). The first-order chi connectivity index (χ1) is 6.22. The van der Waals surface area contributed by atoms with Crippen LogP contribution in [0.1, 0.15) is 0 Å². The standard InChI is InChI=1S/C8H8ClN3O/c1-12-4-3-5-6(12)7(13-2)11-8(9)10-5/h3-4H,1-2H3. The molecular weight excluding hydrogens is 190 g/mol. The fourth-order valence-corrected chi connectivity index (χ4v) is 1.44. The summed E-state index contributed by atoms with van der Waals surface area (Å²) in [5.74, 6) is 0.502. The first-order valence-electron chi connectivity index (χ1n) is 3.75. The highest BCUT2D eigenvalue weighted by atomic mass is 35.5. The largest absolute Gasteiger partial charge is 0.479 e. The van der Waals surface area contributed by atoms with E-state index in [0.717, 1.165) is 11.0 Å². The summed E-state index contributed by atoms with van der Waals surface area (Å²) < 4.78 is 6.98. The molecule has 0 bridgehead atoms. The number of halogens is 1. The molecule has 0 aliphatic rings. The molecule has 0 aliphatic heterocycles. The van der Waals surface area contributed by atoms with Crippen LogP contribution in [0, 0.1) is 0 Å². The lowest BCUT2D eigenvalue weighted by Crippen LogP contribution is -1.95. The summed E-state index contributed by atoms with van der Waals surface area (Å²) in [5.41, 5.74) is 1.64. The molecule has 0 aliphatic carbocycles. The molecule has 5 heteroatoms. The molecule has 0 amide bonds. The second-order valence-corrected chi connectivity index (χ2v) is 3.00. The van der Waals surface area contributed by atoms with Crippen molar-refractivity contribution >= 4 is 22.6 Å². The van der Waals surface area contributed by atoms with Gasteiger partial charge in [-0.05, 0) is 17.7 Å². The molecule has 2 aromatic heterocycles. The quantitative estimate of drug-likeness (QED) is 0.653. The average Bonchev–Trinajstić information content (AvgIpc) is 2.46. The van der Waals surface area contributed by atoms with E-state index in [1.165, 1.54) is 0 Å². The maximum absolute atomic E-state index is 5.70. The lowest BCUT2D eigenvalue weighted by molar-refractivity contribution is 0.400. The molecule has 4 nitrogen and oxygen atoms in total. The Hall–Kier alpha value is -1.29. The normalized spacial score (nSPS) is 10.7. The van der Waals surface area contributed by atoms with Crippen LogP contribution in [0.3, 0.4) is 0 Å². The number of aryl methyl sites for hydroxylation is 1. The Kier molecular flexibility index (Phi) is 1.84. The SMILES string of the molecule is COc1nc(Cl)nc2ccn(C)c12. The van der Waals surface area contributed by atoms with Crippen molar-refractivity contribution in [2.45, 2.75) is 0 Å². The third kappa shape index (κ3) is 1.23. The molecule has 0 saturated carbocycles. The second kappa shape index (κ2) is 2.88. The van der Waals surface area contributed by atoms with E-state index < -0.39 is 0 Å². The number of aromatic nitrogens is 3. The highest BCUT2D eigenvalue weighted by Gasteiger charge is 2.09. The van der Waals surface area contributed by atoms with Gasteiger partial charge in [-0.25, -0.2) is 4.98 Å². The van der Waals surface area contributed by atoms with Gasteiger partial charge in [-0.3, -0.25) is 0 Å². The van der Waals surface area contributed by atoms with Crippen molar-refractivity contribution in [2.24, 2.45) is 7.05 Å². The number of hydrogen-bond donors (Lipinski definition) is 0. The summed E-state index contributed by atoms with van der Waals surface area (Å²) in [6, 6.07) is 1.87. The Balaban J connectivity index is 2.85. The second-order valence-electron chi connectivity index (χ2n) is 2.66. The maximum atomic E-state index is 5.70. The Labute approximate surface area is 80.1 Å². The number of ether oxygens (including phenoxy) is 1. The maximum Gasteiger partial charge on any atom is 0.242 e. The third-order valence-electron chi connectivity index (χ3n) is 1.85. The van der Waals surface area contributed by atoms with Gasteiger partial charge in [0.25, 0.3) is 0 Å². The molecule has 0 N–H and O–H groups in total. The van der Waals surface area contributed by atoms with Gasteiger partial charge < -0.3 is 9.30 Å². The number of nitrogens with zero attached hydrogens (tertiary/aromatic N) is 3. The van der Waals surface area contributed by atoms with Crippen molar-refractivity contribution < 1.29 is 4.74 Å². The van der Waals surface area contributed by atoms with Crippen LogP contribution in [0.25, 0.3) is 11.0 Å². The molecule has 0 atom stereocenters. The molecule has 0 aromatic carbocycles. The van der Waals surface area contributed by atoms with Gasteiger partial charge in [0.15, 0.2) is 0 Å². The van der Waals surface area contributed by atoms with Crippen LogP contribution in [0.2, 0.25) is 5.28 Å². The molecule has 13 heavy (non-hydrogen) atoms. The van der Waals surface area contributed by atoms with Gasteiger partial charge in [-0.15, -0.1) is 0 Å². The lowest BCUT2D eigenvalue weighted by Gasteiger charge is -2.02. The van der Waals surface area contributed by atoms with Gasteiger partial charge in [0.2, 0.25) is 11.2 Å². The van der Waals surface area contributed by atoms with E-state index >= 15 is 0 Å². The summed E-state index contributed by atoms with van der Waals surface area (Å²) in [7, 11) is 3.47. The average molecular weight is 198 g/mol. The molecule has 2 heterocycles. The zero-order chi connectivity index (χ0) is 9.42. The van der Waals surface area contributed by atoms with Crippen molar-refractivity contribution in [2.75, 3.05) is 7.11 Å². The fraction of sp³-hybridized carbons (Fsp3) is 0.250. The van der Waals surface area contributed by atoms with Gasteiger partial charge in [-0.2, -0.15) is 4.98 Å². The predicted molar refractivity (Wildman–Crippen MR) is 50.1 cm³/mol. The predicted octanol–water partition coefficient (Wildman–Crippen LogP) is 1.63. The Morgan fingerprint density at radius 3 is 2.92 bits per heavy atom. The summed E-state index contributed by atoms with van der Waals surface area (Å²) >= 11 is 5.70.